The third-order valence-electron chi connectivity index (χ3n) is 3.75. The lowest BCUT2D eigenvalue weighted by atomic mass is 9.90. The molecule has 0 aromatic heterocycles. The van der Waals surface area contributed by atoms with Crippen molar-refractivity contribution >= 4 is 0 Å². The summed E-state index contributed by atoms with van der Waals surface area (Å²) in [7, 11) is 1.71. The molecule has 90 valence electrons. The molecule has 0 aromatic carbocycles. The molecule has 3 heteroatoms. The second-order valence-electron chi connectivity index (χ2n) is 4.35. The van der Waals surface area contributed by atoms with E-state index in [1.165, 1.54) is 38.8 Å². The highest BCUT2D eigenvalue weighted by Crippen LogP contribution is 2.41. The van der Waals surface area contributed by atoms with Crippen molar-refractivity contribution in [1.82, 2.24) is 10.4 Å². The smallest absolute Gasteiger partial charge is 0.0572 e. The van der Waals surface area contributed by atoms with Gasteiger partial charge in [0.25, 0.3) is 0 Å². The van der Waals surface area contributed by atoms with Crippen LogP contribution < -0.4 is 5.48 Å². The van der Waals surface area contributed by atoms with Crippen LogP contribution in [0.25, 0.3) is 0 Å². The molecular formula is C12H26N2O. The van der Waals surface area contributed by atoms with E-state index in [1.807, 2.05) is 13.8 Å². The number of hydroxylamine groups is 1. The van der Waals surface area contributed by atoms with E-state index in [0.717, 1.165) is 0 Å². The van der Waals surface area contributed by atoms with Crippen LogP contribution in [0.5, 0.6) is 0 Å². The summed E-state index contributed by atoms with van der Waals surface area (Å²) in [6.45, 7) is 8.77. The van der Waals surface area contributed by atoms with Crippen LogP contribution >= 0.6 is 0 Å². The Morgan fingerprint density at radius 1 is 1.47 bits per heavy atom. The van der Waals surface area contributed by atoms with Crippen LogP contribution in [0.2, 0.25) is 0 Å². The molecule has 0 aliphatic carbocycles. The van der Waals surface area contributed by atoms with E-state index in [9.17, 15) is 0 Å². The van der Waals surface area contributed by atoms with Gasteiger partial charge in [-0.2, -0.15) is 5.48 Å². The number of hydrogen-bond acceptors (Lipinski definition) is 3. The fourth-order valence-corrected chi connectivity index (χ4v) is 3.09. The van der Waals surface area contributed by atoms with Gasteiger partial charge >= 0.3 is 0 Å². The zero-order valence-corrected chi connectivity index (χ0v) is 10.7. The molecule has 2 aliphatic rings. The number of nitrogens with zero attached hydrogens (tertiary/aromatic N) is 1. The van der Waals surface area contributed by atoms with Crippen LogP contribution in [-0.4, -0.2) is 36.7 Å². The molecule has 0 bridgehead atoms. The van der Waals surface area contributed by atoms with Gasteiger partial charge in [0.15, 0.2) is 0 Å². The summed E-state index contributed by atoms with van der Waals surface area (Å²) < 4.78 is 0. The van der Waals surface area contributed by atoms with Crippen molar-refractivity contribution in [3.63, 3.8) is 0 Å². The normalized spacial score (nSPS) is 34.8. The van der Waals surface area contributed by atoms with Crippen molar-refractivity contribution in [2.45, 2.75) is 58.0 Å². The second kappa shape index (κ2) is 5.83. The van der Waals surface area contributed by atoms with E-state index < -0.39 is 0 Å². The summed E-state index contributed by atoms with van der Waals surface area (Å²) in [6.07, 6.45) is 5.31. The zero-order valence-electron chi connectivity index (χ0n) is 10.7. The molecule has 0 spiro atoms. The molecular weight excluding hydrogens is 188 g/mol. The molecule has 2 fully saturated rings. The fourth-order valence-electron chi connectivity index (χ4n) is 3.09. The first-order valence-corrected chi connectivity index (χ1v) is 6.34. The Hall–Kier alpha value is -0.120. The lowest BCUT2D eigenvalue weighted by Crippen LogP contribution is -2.37. The average molecular weight is 214 g/mol. The molecule has 2 unspecified atom stereocenters. The first kappa shape index (κ1) is 12.9. The Morgan fingerprint density at radius 2 is 2.20 bits per heavy atom. The lowest BCUT2D eigenvalue weighted by Gasteiger charge is -2.30. The third-order valence-corrected chi connectivity index (χ3v) is 3.75. The zero-order chi connectivity index (χ0) is 11.3. The predicted molar refractivity (Wildman–Crippen MR) is 63.7 cm³/mol. The topological polar surface area (TPSA) is 24.5 Å². The van der Waals surface area contributed by atoms with E-state index >= 15 is 0 Å². The Kier molecular flexibility index (Phi) is 5.03. The molecule has 0 aromatic rings. The highest BCUT2D eigenvalue weighted by molar-refractivity contribution is 5.03. The van der Waals surface area contributed by atoms with Gasteiger partial charge in [-0.15, -0.1) is 0 Å². The molecule has 2 atom stereocenters. The largest absolute Gasteiger partial charge is 0.305 e. The number of nitrogens with one attached hydrogen (secondary N) is 1. The molecule has 2 saturated heterocycles. The van der Waals surface area contributed by atoms with Crippen LogP contribution in [0.4, 0.5) is 0 Å². The maximum Gasteiger partial charge on any atom is 0.0572 e. The van der Waals surface area contributed by atoms with Gasteiger partial charge in [-0.25, -0.2) is 0 Å². The molecule has 2 aliphatic heterocycles. The molecule has 2 heterocycles. The van der Waals surface area contributed by atoms with Crippen molar-refractivity contribution in [3.8, 4) is 0 Å². The summed E-state index contributed by atoms with van der Waals surface area (Å²) >= 11 is 0. The van der Waals surface area contributed by atoms with Gasteiger partial charge in [0.05, 0.1) is 7.11 Å². The molecule has 1 N–H and O–H groups in total. The van der Waals surface area contributed by atoms with Gasteiger partial charge in [0.2, 0.25) is 0 Å². The van der Waals surface area contributed by atoms with Gasteiger partial charge in [-0.1, -0.05) is 20.8 Å². The molecule has 2 rings (SSSR count). The molecule has 0 radical (unpaired) electrons. The minimum Gasteiger partial charge on any atom is -0.305 e. The van der Waals surface area contributed by atoms with Crippen molar-refractivity contribution in [1.29, 1.82) is 0 Å². The van der Waals surface area contributed by atoms with E-state index in [4.69, 9.17) is 4.84 Å². The molecule has 15 heavy (non-hydrogen) atoms. The SMILES string of the molecule is CC.CCC12CCCN1CC(NOC)C2. The first-order valence-electron chi connectivity index (χ1n) is 6.34. The number of fused-ring (bicyclic) bond motifs is 1. The lowest BCUT2D eigenvalue weighted by molar-refractivity contribution is 0.0625. The van der Waals surface area contributed by atoms with Gasteiger partial charge in [0, 0.05) is 18.1 Å². The quantitative estimate of drug-likeness (QED) is 0.729. The summed E-state index contributed by atoms with van der Waals surface area (Å²) in [5.41, 5.74) is 3.60. The first-order chi connectivity index (χ1) is 7.30. The Labute approximate surface area is 94.1 Å². The van der Waals surface area contributed by atoms with E-state index in [1.54, 1.807) is 7.11 Å². The maximum atomic E-state index is 5.00. The van der Waals surface area contributed by atoms with Crippen molar-refractivity contribution in [2.75, 3.05) is 20.2 Å². The predicted octanol–water partition coefficient (Wildman–Crippen LogP) is 2.18. The maximum absolute atomic E-state index is 5.00. The molecule has 0 saturated carbocycles. The highest BCUT2D eigenvalue weighted by atomic mass is 16.6. The summed E-state index contributed by atoms with van der Waals surface area (Å²) in [5, 5.41) is 0. The summed E-state index contributed by atoms with van der Waals surface area (Å²) in [5.74, 6) is 0. The van der Waals surface area contributed by atoms with Gasteiger partial charge in [-0.05, 0) is 32.2 Å². The van der Waals surface area contributed by atoms with Crippen molar-refractivity contribution < 1.29 is 4.84 Å². The van der Waals surface area contributed by atoms with Gasteiger partial charge in [0.1, 0.15) is 0 Å². The van der Waals surface area contributed by atoms with Gasteiger partial charge in [-0.3, -0.25) is 4.90 Å². The van der Waals surface area contributed by atoms with Crippen LogP contribution in [-0.2, 0) is 4.84 Å². The van der Waals surface area contributed by atoms with Crippen LogP contribution in [0.1, 0.15) is 46.5 Å². The summed E-state index contributed by atoms with van der Waals surface area (Å²) in [6, 6.07) is 0.547. The fraction of sp³-hybridized carbons (Fsp3) is 1.00. The Morgan fingerprint density at radius 3 is 2.73 bits per heavy atom. The van der Waals surface area contributed by atoms with Crippen molar-refractivity contribution in [2.24, 2.45) is 0 Å². The van der Waals surface area contributed by atoms with Crippen LogP contribution in [0.3, 0.4) is 0 Å². The molecule has 3 nitrogen and oxygen atoms in total. The standard InChI is InChI=1S/C10H20N2O.C2H6/c1-3-10-5-4-6-12(10)8-9(7-10)11-13-2;1-2/h9,11H,3-8H2,1-2H3;1-2H3. The minimum atomic E-state index is 0.510. The number of hydrogen-bond donors (Lipinski definition) is 1. The Bertz CT molecular complexity index is 186. The third kappa shape index (κ3) is 2.52. The summed E-state index contributed by atoms with van der Waals surface area (Å²) in [4.78, 5) is 7.65. The minimum absolute atomic E-state index is 0.510. The average Bonchev–Trinajstić information content (AvgIpc) is 2.78. The second-order valence-corrected chi connectivity index (χ2v) is 4.35. The molecule has 0 amide bonds. The van der Waals surface area contributed by atoms with Crippen LogP contribution in [0, 0.1) is 0 Å². The van der Waals surface area contributed by atoms with E-state index in [-0.39, 0.29) is 0 Å². The number of rotatable bonds is 3. The van der Waals surface area contributed by atoms with E-state index in [0.29, 0.717) is 11.6 Å². The monoisotopic (exact) mass is 214 g/mol. The van der Waals surface area contributed by atoms with E-state index in [2.05, 4.69) is 17.3 Å². The van der Waals surface area contributed by atoms with Gasteiger partial charge < -0.3 is 4.84 Å². The highest BCUT2D eigenvalue weighted by Gasteiger charge is 2.46. The Balaban J connectivity index is 0.000000531. The van der Waals surface area contributed by atoms with Crippen molar-refractivity contribution in [3.05, 3.63) is 0 Å². The van der Waals surface area contributed by atoms with Crippen LogP contribution in [0.15, 0.2) is 0 Å².